The molecule has 0 radical (unpaired) electrons. The van der Waals surface area contributed by atoms with Crippen LogP contribution in [0.15, 0.2) is 11.6 Å². The Kier molecular flexibility index (Phi) is 3.46. The molecule has 0 aromatic heterocycles. The zero-order chi connectivity index (χ0) is 13.3. The highest BCUT2D eigenvalue weighted by atomic mass is 16.6. The maximum atomic E-state index is 12.0. The first-order valence-corrected chi connectivity index (χ1v) is 6.43. The Hall–Kier alpha value is -1.32. The molecular formula is C14H20O4. The molecule has 1 aliphatic carbocycles. The summed E-state index contributed by atoms with van der Waals surface area (Å²) in [5.74, 6) is -0.801. The monoisotopic (exact) mass is 252 g/mol. The van der Waals surface area contributed by atoms with Crippen molar-refractivity contribution in [2.75, 3.05) is 6.61 Å². The Morgan fingerprint density at radius 1 is 1.50 bits per heavy atom. The van der Waals surface area contributed by atoms with E-state index in [-0.39, 0.29) is 11.9 Å². The van der Waals surface area contributed by atoms with E-state index in [1.54, 1.807) is 0 Å². The van der Waals surface area contributed by atoms with E-state index in [4.69, 9.17) is 9.47 Å². The Morgan fingerprint density at radius 2 is 2.22 bits per heavy atom. The molecule has 0 saturated carbocycles. The zero-order valence-corrected chi connectivity index (χ0v) is 11.2. The van der Waals surface area contributed by atoms with Crippen molar-refractivity contribution >= 4 is 11.9 Å². The molecule has 2 aliphatic rings. The Balaban J connectivity index is 1.97. The predicted octanol–water partition coefficient (Wildman–Crippen LogP) is 2.23. The summed E-state index contributed by atoms with van der Waals surface area (Å²) in [6, 6.07) is 0. The van der Waals surface area contributed by atoms with E-state index in [9.17, 15) is 9.59 Å². The van der Waals surface area contributed by atoms with Crippen molar-refractivity contribution in [1.29, 1.82) is 0 Å². The topological polar surface area (TPSA) is 52.6 Å². The number of allylic oxidation sites excluding steroid dienone is 2. The molecule has 4 nitrogen and oxygen atoms in total. The number of cyclic esters (lactones) is 1. The molecule has 4 heteroatoms. The SMILES string of the molecule is CC1=CC[C@@H](C(=O)O[C@@H]2C(=O)OCC2(C)C)CC1. The van der Waals surface area contributed by atoms with Crippen LogP contribution in [-0.2, 0) is 19.1 Å². The maximum absolute atomic E-state index is 12.0. The Morgan fingerprint density at radius 3 is 2.72 bits per heavy atom. The number of esters is 2. The van der Waals surface area contributed by atoms with Crippen molar-refractivity contribution in [3.8, 4) is 0 Å². The molecule has 2 rings (SSSR count). The molecule has 0 N–H and O–H groups in total. The van der Waals surface area contributed by atoms with Gasteiger partial charge in [0, 0.05) is 5.41 Å². The number of ether oxygens (including phenoxy) is 2. The second-order valence-corrected chi connectivity index (χ2v) is 5.93. The third-order valence-electron chi connectivity index (χ3n) is 3.72. The Labute approximate surface area is 107 Å². The van der Waals surface area contributed by atoms with Gasteiger partial charge in [0.15, 0.2) is 0 Å². The third kappa shape index (κ3) is 2.57. The van der Waals surface area contributed by atoms with Crippen LogP contribution in [0.5, 0.6) is 0 Å². The van der Waals surface area contributed by atoms with Gasteiger partial charge in [0.2, 0.25) is 6.10 Å². The second-order valence-electron chi connectivity index (χ2n) is 5.93. The summed E-state index contributed by atoms with van der Waals surface area (Å²) in [6.07, 6.45) is 3.78. The van der Waals surface area contributed by atoms with Gasteiger partial charge < -0.3 is 9.47 Å². The summed E-state index contributed by atoms with van der Waals surface area (Å²) in [5, 5.41) is 0. The van der Waals surface area contributed by atoms with Crippen LogP contribution in [0.1, 0.15) is 40.0 Å². The average molecular weight is 252 g/mol. The first-order chi connectivity index (χ1) is 8.40. The maximum Gasteiger partial charge on any atom is 0.348 e. The fourth-order valence-corrected chi connectivity index (χ4v) is 2.33. The van der Waals surface area contributed by atoms with E-state index < -0.39 is 17.5 Å². The van der Waals surface area contributed by atoms with Crippen LogP contribution in [0.4, 0.5) is 0 Å². The first-order valence-electron chi connectivity index (χ1n) is 6.43. The standard InChI is InChI=1S/C14H20O4/c1-9-4-6-10(7-5-9)12(15)18-11-13(16)17-8-14(11,2)3/h4,10-11H,5-8H2,1-3H3/t10-,11-/m1/s1. The van der Waals surface area contributed by atoms with E-state index in [2.05, 4.69) is 13.0 Å². The fourth-order valence-electron chi connectivity index (χ4n) is 2.33. The summed E-state index contributed by atoms with van der Waals surface area (Å²) in [7, 11) is 0. The lowest BCUT2D eigenvalue weighted by atomic mass is 9.88. The molecule has 18 heavy (non-hydrogen) atoms. The zero-order valence-electron chi connectivity index (χ0n) is 11.2. The van der Waals surface area contributed by atoms with Crippen molar-refractivity contribution < 1.29 is 19.1 Å². The normalized spacial score (nSPS) is 30.6. The lowest BCUT2D eigenvalue weighted by Crippen LogP contribution is -2.37. The van der Waals surface area contributed by atoms with Gasteiger partial charge in [0.1, 0.15) is 6.61 Å². The average Bonchev–Trinajstić information content (AvgIpc) is 2.57. The molecule has 1 heterocycles. The number of carbonyl (C=O) groups is 2. The number of hydrogen-bond acceptors (Lipinski definition) is 4. The summed E-state index contributed by atoms with van der Waals surface area (Å²) in [6.45, 7) is 6.13. The molecule has 0 aromatic carbocycles. The fraction of sp³-hybridized carbons (Fsp3) is 0.714. The molecule has 1 saturated heterocycles. The van der Waals surface area contributed by atoms with Gasteiger partial charge in [-0.05, 0) is 26.2 Å². The molecule has 100 valence electrons. The van der Waals surface area contributed by atoms with Crippen LogP contribution in [-0.4, -0.2) is 24.6 Å². The van der Waals surface area contributed by atoms with Crippen molar-refractivity contribution in [3.05, 3.63) is 11.6 Å². The Bertz CT molecular complexity index is 395. The van der Waals surface area contributed by atoms with Gasteiger partial charge in [-0.3, -0.25) is 4.79 Å². The number of rotatable bonds is 2. The van der Waals surface area contributed by atoms with E-state index in [0.717, 1.165) is 12.8 Å². The van der Waals surface area contributed by atoms with Gasteiger partial charge >= 0.3 is 11.9 Å². The van der Waals surface area contributed by atoms with Gasteiger partial charge in [0.25, 0.3) is 0 Å². The summed E-state index contributed by atoms with van der Waals surface area (Å²) in [4.78, 5) is 23.6. The summed E-state index contributed by atoms with van der Waals surface area (Å²) >= 11 is 0. The number of hydrogen-bond donors (Lipinski definition) is 0. The van der Waals surface area contributed by atoms with Crippen molar-refractivity contribution in [2.24, 2.45) is 11.3 Å². The predicted molar refractivity (Wildman–Crippen MR) is 65.7 cm³/mol. The molecular weight excluding hydrogens is 232 g/mol. The number of carbonyl (C=O) groups excluding carboxylic acids is 2. The molecule has 1 fully saturated rings. The molecule has 1 aliphatic heterocycles. The molecule has 0 unspecified atom stereocenters. The summed E-state index contributed by atoms with van der Waals surface area (Å²) in [5.41, 5.74) is 0.896. The van der Waals surface area contributed by atoms with Gasteiger partial charge in [-0.25, -0.2) is 4.79 Å². The van der Waals surface area contributed by atoms with Crippen LogP contribution in [0.3, 0.4) is 0 Å². The van der Waals surface area contributed by atoms with Crippen LogP contribution in [0.2, 0.25) is 0 Å². The van der Waals surface area contributed by atoms with E-state index in [1.807, 2.05) is 13.8 Å². The third-order valence-corrected chi connectivity index (χ3v) is 3.72. The van der Waals surface area contributed by atoms with Gasteiger partial charge in [-0.1, -0.05) is 25.5 Å². The van der Waals surface area contributed by atoms with Crippen molar-refractivity contribution in [2.45, 2.75) is 46.1 Å². The highest BCUT2D eigenvalue weighted by Gasteiger charge is 2.47. The molecule has 0 bridgehead atoms. The lowest BCUT2D eigenvalue weighted by molar-refractivity contribution is -0.166. The van der Waals surface area contributed by atoms with E-state index in [1.165, 1.54) is 5.57 Å². The smallest absolute Gasteiger partial charge is 0.348 e. The summed E-state index contributed by atoms with van der Waals surface area (Å²) < 4.78 is 10.3. The van der Waals surface area contributed by atoms with Crippen molar-refractivity contribution in [3.63, 3.8) is 0 Å². The quantitative estimate of drug-likeness (QED) is 0.558. The molecule has 2 atom stereocenters. The molecule has 0 amide bonds. The van der Waals surface area contributed by atoms with Gasteiger partial charge in [0.05, 0.1) is 5.92 Å². The van der Waals surface area contributed by atoms with E-state index >= 15 is 0 Å². The minimum Gasteiger partial charge on any atom is -0.462 e. The second kappa shape index (κ2) is 4.75. The highest BCUT2D eigenvalue weighted by Crippen LogP contribution is 2.33. The highest BCUT2D eigenvalue weighted by molar-refractivity contribution is 5.82. The molecule has 0 aromatic rings. The van der Waals surface area contributed by atoms with Crippen LogP contribution < -0.4 is 0 Å². The van der Waals surface area contributed by atoms with Crippen LogP contribution in [0.25, 0.3) is 0 Å². The van der Waals surface area contributed by atoms with Crippen LogP contribution >= 0.6 is 0 Å². The van der Waals surface area contributed by atoms with Gasteiger partial charge in [-0.2, -0.15) is 0 Å². The largest absolute Gasteiger partial charge is 0.462 e. The first kappa shape index (κ1) is 13.1. The molecule has 0 spiro atoms. The van der Waals surface area contributed by atoms with E-state index in [0.29, 0.717) is 13.0 Å². The van der Waals surface area contributed by atoms with Crippen molar-refractivity contribution in [1.82, 2.24) is 0 Å². The van der Waals surface area contributed by atoms with Gasteiger partial charge in [-0.15, -0.1) is 0 Å². The minimum absolute atomic E-state index is 0.113. The minimum atomic E-state index is -0.753. The van der Waals surface area contributed by atoms with Crippen LogP contribution in [0, 0.1) is 11.3 Å². The lowest BCUT2D eigenvalue weighted by Gasteiger charge is -2.25.